The van der Waals surface area contributed by atoms with Crippen LogP contribution in [0.3, 0.4) is 0 Å². The average molecular weight is 546 g/mol. The molecule has 1 fully saturated rings. The molecule has 1 aromatic heterocycles. The first-order valence-corrected chi connectivity index (χ1v) is 13.0. The summed E-state index contributed by atoms with van der Waals surface area (Å²) in [6.45, 7) is 4.43. The Morgan fingerprint density at radius 1 is 1.23 bits per heavy atom. The number of hydrogen-bond acceptors (Lipinski definition) is 6. The molecule has 3 amide bonds. The van der Waals surface area contributed by atoms with Gasteiger partial charge < -0.3 is 19.5 Å². The topological polar surface area (TPSA) is 116 Å². The van der Waals surface area contributed by atoms with E-state index in [9.17, 15) is 14.9 Å². The third-order valence-electron chi connectivity index (χ3n) is 6.63. The molecule has 1 N–H and O–H groups in total. The number of carbonyl (C=O) groups is 2. The number of benzene rings is 2. The molecular weight excluding hydrogens is 518 g/mol. The first kappa shape index (κ1) is 26.3. The van der Waals surface area contributed by atoms with Gasteiger partial charge >= 0.3 is 6.03 Å². The molecule has 2 aliphatic rings. The second-order valence-electron chi connectivity index (χ2n) is 9.70. The number of halogens is 1. The number of piperazine rings is 1. The summed E-state index contributed by atoms with van der Waals surface area (Å²) in [7, 11) is 1.87. The van der Waals surface area contributed by atoms with Gasteiger partial charge in [0.05, 0.1) is 23.3 Å². The molecule has 2 unspecified atom stereocenters. The van der Waals surface area contributed by atoms with E-state index in [0.717, 1.165) is 5.56 Å². The molecular formula is C28H28ClN7O3. The predicted octanol–water partition coefficient (Wildman–Crippen LogP) is 3.83. The van der Waals surface area contributed by atoms with Crippen molar-refractivity contribution in [3.05, 3.63) is 82.4 Å². The van der Waals surface area contributed by atoms with Crippen LogP contribution in [-0.2, 0) is 11.8 Å². The SMILES string of the molecule is CC(C)Oc1cc(C#N)ccc1C1=NC(c2ccc(Cl)cc2)C(c2nccn2C)N1C(=O)N1CCNC(=O)C1. The summed E-state index contributed by atoms with van der Waals surface area (Å²) in [5.74, 6) is 1.21. The van der Waals surface area contributed by atoms with Crippen LogP contribution in [0.4, 0.5) is 4.79 Å². The largest absolute Gasteiger partial charge is 0.490 e. The Bertz CT molecular complexity index is 1480. The standard InChI is InChI=1S/C28H28ClN7O3/c1-17(2)39-22-14-18(15-30)4-9-21(22)26-33-24(19-5-7-20(29)8-6-19)25(27-32-10-12-34(27)3)36(26)28(38)35-13-11-31-23(37)16-35/h4-10,12,14,17,24-25H,11,13,16H2,1-3H3,(H,31,37). The first-order valence-electron chi connectivity index (χ1n) is 12.6. The number of aliphatic imine (C=N–C) groups is 1. The Labute approximate surface area is 231 Å². The molecule has 2 aliphatic heterocycles. The van der Waals surface area contributed by atoms with Crippen LogP contribution in [0.1, 0.15) is 48.4 Å². The van der Waals surface area contributed by atoms with Gasteiger partial charge in [-0.25, -0.2) is 9.78 Å². The summed E-state index contributed by atoms with van der Waals surface area (Å²) in [5, 5.41) is 12.9. The number of nitrogens with zero attached hydrogens (tertiary/aromatic N) is 6. The molecule has 1 saturated heterocycles. The van der Waals surface area contributed by atoms with Crippen molar-refractivity contribution >= 4 is 29.4 Å². The minimum absolute atomic E-state index is 0.0652. The highest BCUT2D eigenvalue weighted by Gasteiger charge is 2.46. The molecule has 3 heterocycles. The van der Waals surface area contributed by atoms with Gasteiger partial charge in [-0.15, -0.1) is 0 Å². The van der Waals surface area contributed by atoms with Crippen LogP contribution < -0.4 is 10.1 Å². The van der Waals surface area contributed by atoms with E-state index < -0.39 is 12.1 Å². The molecule has 200 valence electrons. The number of rotatable bonds is 5. The van der Waals surface area contributed by atoms with Gasteiger partial charge in [0.25, 0.3) is 0 Å². The van der Waals surface area contributed by atoms with Crippen LogP contribution in [0.25, 0.3) is 0 Å². The molecule has 0 spiro atoms. The molecule has 2 atom stereocenters. The number of ether oxygens (including phenoxy) is 1. The first-order chi connectivity index (χ1) is 18.8. The number of nitrogens with one attached hydrogen (secondary N) is 1. The highest BCUT2D eigenvalue weighted by Crippen LogP contribution is 2.44. The van der Waals surface area contributed by atoms with Crippen LogP contribution in [0, 0.1) is 11.3 Å². The van der Waals surface area contributed by atoms with Crippen LogP contribution >= 0.6 is 11.6 Å². The number of amidine groups is 1. The maximum Gasteiger partial charge on any atom is 0.326 e. The number of amides is 3. The number of hydrogen-bond donors (Lipinski definition) is 1. The smallest absolute Gasteiger partial charge is 0.326 e. The van der Waals surface area contributed by atoms with E-state index in [1.807, 2.05) is 43.8 Å². The summed E-state index contributed by atoms with van der Waals surface area (Å²) < 4.78 is 7.97. The molecule has 39 heavy (non-hydrogen) atoms. The van der Waals surface area contributed by atoms with Crippen molar-refractivity contribution in [3.8, 4) is 11.8 Å². The summed E-state index contributed by atoms with van der Waals surface area (Å²) in [5.41, 5.74) is 1.83. The normalized spacial score (nSPS) is 19.1. The monoisotopic (exact) mass is 545 g/mol. The highest BCUT2D eigenvalue weighted by molar-refractivity contribution is 6.30. The van der Waals surface area contributed by atoms with Gasteiger partial charge in [-0.2, -0.15) is 5.26 Å². The van der Waals surface area contributed by atoms with Gasteiger partial charge in [0.15, 0.2) is 0 Å². The number of carbonyl (C=O) groups excluding carboxylic acids is 2. The summed E-state index contributed by atoms with van der Waals surface area (Å²) >= 11 is 6.19. The predicted molar refractivity (Wildman–Crippen MR) is 145 cm³/mol. The van der Waals surface area contributed by atoms with Crippen molar-refractivity contribution < 1.29 is 14.3 Å². The van der Waals surface area contributed by atoms with E-state index in [4.69, 9.17) is 21.3 Å². The van der Waals surface area contributed by atoms with Gasteiger partial charge in [-0.1, -0.05) is 23.7 Å². The molecule has 5 rings (SSSR count). The van der Waals surface area contributed by atoms with E-state index in [0.29, 0.717) is 46.6 Å². The second-order valence-corrected chi connectivity index (χ2v) is 10.1. The van der Waals surface area contributed by atoms with Gasteiger partial charge in [0.1, 0.15) is 36.0 Å². The van der Waals surface area contributed by atoms with Gasteiger partial charge in [0, 0.05) is 37.6 Å². The van der Waals surface area contributed by atoms with Crippen LogP contribution in [0.15, 0.2) is 59.9 Å². The van der Waals surface area contributed by atoms with E-state index in [1.165, 1.54) is 4.90 Å². The summed E-state index contributed by atoms with van der Waals surface area (Å²) in [4.78, 5) is 39.4. The highest BCUT2D eigenvalue weighted by atomic mass is 35.5. The number of aryl methyl sites for hydroxylation is 1. The van der Waals surface area contributed by atoms with Crippen LogP contribution in [0.5, 0.6) is 5.75 Å². The Morgan fingerprint density at radius 3 is 2.64 bits per heavy atom. The fourth-order valence-electron chi connectivity index (χ4n) is 4.86. The maximum absolute atomic E-state index is 14.3. The lowest BCUT2D eigenvalue weighted by Gasteiger charge is -2.35. The second kappa shape index (κ2) is 10.8. The molecule has 0 saturated carbocycles. The van der Waals surface area contributed by atoms with E-state index in [-0.39, 0.29) is 24.6 Å². The summed E-state index contributed by atoms with van der Waals surface area (Å²) in [6, 6.07) is 13.1. The minimum atomic E-state index is -0.624. The molecule has 0 radical (unpaired) electrons. The molecule has 2 aromatic carbocycles. The lowest BCUT2D eigenvalue weighted by atomic mass is 9.99. The molecule has 0 bridgehead atoms. The summed E-state index contributed by atoms with van der Waals surface area (Å²) in [6.07, 6.45) is 3.31. The van der Waals surface area contributed by atoms with Gasteiger partial charge in [0.2, 0.25) is 5.91 Å². The zero-order valence-electron chi connectivity index (χ0n) is 21.8. The zero-order chi connectivity index (χ0) is 27.7. The number of imidazole rings is 1. The Balaban J connectivity index is 1.71. The van der Waals surface area contributed by atoms with Crippen molar-refractivity contribution in [2.75, 3.05) is 19.6 Å². The third-order valence-corrected chi connectivity index (χ3v) is 6.88. The quantitative estimate of drug-likeness (QED) is 0.523. The van der Waals surface area contributed by atoms with Gasteiger partial charge in [-0.05, 0) is 49.7 Å². The average Bonchev–Trinajstić information content (AvgIpc) is 3.51. The van der Waals surface area contributed by atoms with Crippen molar-refractivity contribution in [3.63, 3.8) is 0 Å². The number of nitriles is 1. The molecule has 11 heteroatoms. The fourth-order valence-corrected chi connectivity index (χ4v) is 4.99. The zero-order valence-corrected chi connectivity index (χ0v) is 22.6. The Morgan fingerprint density at radius 2 is 2.00 bits per heavy atom. The van der Waals surface area contributed by atoms with Crippen molar-refractivity contribution in [1.82, 2.24) is 24.7 Å². The number of aromatic nitrogens is 2. The van der Waals surface area contributed by atoms with E-state index in [1.54, 1.807) is 41.4 Å². The van der Waals surface area contributed by atoms with Crippen molar-refractivity contribution in [2.24, 2.45) is 12.0 Å². The maximum atomic E-state index is 14.3. The number of urea groups is 1. The lowest BCUT2D eigenvalue weighted by Crippen LogP contribution is -2.55. The van der Waals surface area contributed by atoms with Crippen molar-refractivity contribution in [2.45, 2.75) is 32.0 Å². The minimum Gasteiger partial charge on any atom is -0.490 e. The Hall–Kier alpha value is -4.36. The van der Waals surface area contributed by atoms with E-state index >= 15 is 0 Å². The van der Waals surface area contributed by atoms with Gasteiger partial charge in [-0.3, -0.25) is 14.7 Å². The third kappa shape index (κ3) is 5.18. The van der Waals surface area contributed by atoms with Crippen LogP contribution in [-0.4, -0.2) is 62.9 Å². The molecule has 3 aromatic rings. The fraction of sp³-hybridized carbons (Fsp3) is 0.321. The lowest BCUT2D eigenvalue weighted by molar-refractivity contribution is -0.123. The molecule has 0 aliphatic carbocycles. The molecule has 10 nitrogen and oxygen atoms in total. The van der Waals surface area contributed by atoms with E-state index in [2.05, 4.69) is 16.4 Å². The Kier molecular flexibility index (Phi) is 7.26. The van der Waals surface area contributed by atoms with Crippen molar-refractivity contribution in [1.29, 1.82) is 5.26 Å². The van der Waals surface area contributed by atoms with Crippen LogP contribution in [0.2, 0.25) is 5.02 Å².